The lowest BCUT2D eigenvalue weighted by molar-refractivity contribution is -0.121. The third kappa shape index (κ3) is 4.75. The summed E-state index contributed by atoms with van der Waals surface area (Å²) in [4.78, 5) is 27.9. The van der Waals surface area contributed by atoms with E-state index in [1.54, 1.807) is 21.9 Å². The molecule has 6 heteroatoms. The van der Waals surface area contributed by atoms with E-state index in [1.807, 2.05) is 12.1 Å². The van der Waals surface area contributed by atoms with Crippen LogP contribution in [0.25, 0.3) is 0 Å². The zero-order valence-electron chi connectivity index (χ0n) is 14.3. The minimum Gasteiger partial charge on any atom is -0.354 e. The molecular formula is C19H24ClN3O2. The maximum Gasteiger partial charge on any atom is 0.325 e. The lowest BCUT2D eigenvalue weighted by Gasteiger charge is -2.19. The van der Waals surface area contributed by atoms with E-state index in [1.165, 1.54) is 18.4 Å². The minimum atomic E-state index is -0.132. The quantitative estimate of drug-likeness (QED) is 0.787. The van der Waals surface area contributed by atoms with Crippen molar-refractivity contribution < 1.29 is 9.59 Å². The summed E-state index contributed by atoms with van der Waals surface area (Å²) < 4.78 is 0. The van der Waals surface area contributed by atoms with Gasteiger partial charge in [0.15, 0.2) is 0 Å². The van der Waals surface area contributed by atoms with Gasteiger partial charge in [0.2, 0.25) is 5.91 Å². The highest BCUT2D eigenvalue weighted by Gasteiger charge is 2.30. The van der Waals surface area contributed by atoms with E-state index in [0.717, 1.165) is 24.9 Å². The Hall–Kier alpha value is -2.01. The Balaban J connectivity index is 1.45. The van der Waals surface area contributed by atoms with Gasteiger partial charge in [-0.15, -0.1) is 0 Å². The summed E-state index contributed by atoms with van der Waals surface area (Å²) in [5, 5.41) is 3.57. The highest BCUT2D eigenvalue weighted by Crippen LogP contribution is 2.22. The summed E-state index contributed by atoms with van der Waals surface area (Å²) in [6.07, 6.45) is 8.04. The van der Waals surface area contributed by atoms with Crippen molar-refractivity contribution in [3.05, 3.63) is 40.9 Å². The zero-order chi connectivity index (χ0) is 17.6. The van der Waals surface area contributed by atoms with Crippen LogP contribution in [0.1, 0.15) is 32.1 Å². The van der Waals surface area contributed by atoms with E-state index in [4.69, 9.17) is 11.6 Å². The predicted molar refractivity (Wildman–Crippen MR) is 99.9 cm³/mol. The molecular weight excluding hydrogens is 338 g/mol. The van der Waals surface area contributed by atoms with Crippen LogP contribution in [0, 0.1) is 0 Å². The van der Waals surface area contributed by atoms with Crippen LogP contribution in [0.3, 0.4) is 0 Å². The van der Waals surface area contributed by atoms with Crippen molar-refractivity contribution in [2.24, 2.45) is 0 Å². The van der Waals surface area contributed by atoms with Crippen molar-refractivity contribution in [1.82, 2.24) is 10.2 Å². The monoisotopic (exact) mass is 361 g/mol. The van der Waals surface area contributed by atoms with Gasteiger partial charge < -0.3 is 10.2 Å². The summed E-state index contributed by atoms with van der Waals surface area (Å²) in [5.74, 6) is -0.0947. The third-order valence-corrected chi connectivity index (χ3v) is 4.97. The molecule has 1 heterocycles. The number of halogens is 1. The van der Waals surface area contributed by atoms with Crippen LogP contribution in [0.5, 0.6) is 0 Å². The van der Waals surface area contributed by atoms with E-state index in [2.05, 4.69) is 11.4 Å². The van der Waals surface area contributed by atoms with Crippen LogP contribution in [0.4, 0.5) is 10.5 Å². The lowest BCUT2D eigenvalue weighted by atomic mass is 9.97. The number of benzene rings is 1. The number of amides is 3. The van der Waals surface area contributed by atoms with Gasteiger partial charge in [0, 0.05) is 30.3 Å². The molecule has 1 aliphatic carbocycles. The van der Waals surface area contributed by atoms with Gasteiger partial charge in [-0.25, -0.2) is 4.79 Å². The SMILES string of the molecule is O=C(CN1CCN(c2ccc(Cl)cc2)C1=O)NCCC1=CCCCC1. The molecule has 0 unspecified atom stereocenters. The number of hydrogen-bond donors (Lipinski definition) is 1. The van der Waals surface area contributed by atoms with E-state index >= 15 is 0 Å². The molecule has 0 radical (unpaired) electrons. The van der Waals surface area contributed by atoms with Crippen LogP contribution in [-0.4, -0.2) is 43.0 Å². The second-order valence-corrected chi connectivity index (χ2v) is 6.98. The number of nitrogens with one attached hydrogen (secondary N) is 1. The number of nitrogens with zero attached hydrogens (tertiary/aromatic N) is 2. The molecule has 134 valence electrons. The smallest absolute Gasteiger partial charge is 0.325 e. The van der Waals surface area contributed by atoms with Gasteiger partial charge in [0.1, 0.15) is 6.54 Å². The first-order valence-electron chi connectivity index (χ1n) is 8.90. The average molecular weight is 362 g/mol. The summed E-state index contributed by atoms with van der Waals surface area (Å²) in [5.41, 5.74) is 2.25. The second-order valence-electron chi connectivity index (χ2n) is 6.54. The molecule has 5 nitrogen and oxygen atoms in total. The van der Waals surface area contributed by atoms with Crippen molar-refractivity contribution in [2.45, 2.75) is 32.1 Å². The Labute approximate surface area is 153 Å². The maximum atomic E-state index is 12.5. The molecule has 0 bridgehead atoms. The van der Waals surface area contributed by atoms with Gasteiger partial charge in [-0.2, -0.15) is 0 Å². The van der Waals surface area contributed by atoms with Crippen LogP contribution in [0.15, 0.2) is 35.9 Å². The summed E-state index contributed by atoms with van der Waals surface area (Å²) in [6, 6.07) is 7.04. The van der Waals surface area contributed by atoms with Crippen molar-refractivity contribution >= 4 is 29.2 Å². The van der Waals surface area contributed by atoms with Crippen molar-refractivity contribution in [1.29, 1.82) is 0 Å². The lowest BCUT2D eigenvalue weighted by Crippen LogP contribution is -2.40. The number of anilines is 1. The molecule has 1 N–H and O–H groups in total. The van der Waals surface area contributed by atoms with Crippen LogP contribution < -0.4 is 10.2 Å². The van der Waals surface area contributed by atoms with Gasteiger partial charge in [-0.05, 0) is 56.4 Å². The minimum absolute atomic E-state index is 0.0947. The molecule has 1 aliphatic heterocycles. The third-order valence-electron chi connectivity index (χ3n) is 4.72. The maximum absolute atomic E-state index is 12.5. The average Bonchev–Trinajstić information content (AvgIpc) is 2.97. The Kier molecular flexibility index (Phi) is 5.97. The second kappa shape index (κ2) is 8.39. The molecule has 1 fully saturated rings. The number of carbonyl (C=O) groups excluding carboxylic acids is 2. The fourth-order valence-electron chi connectivity index (χ4n) is 3.31. The predicted octanol–water partition coefficient (Wildman–Crippen LogP) is 3.59. The van der Waals surface area contributed by atoms with Crippen LogP contribution in [0.2, 0.25) is 5.02 Å². The number of rotatable bonds is 6. The first-order valence-corrected chi connectivity index (χ1v) is 9.28. The molecule has 0 aromatic heterocycles. The normalized spacial score (nSPS) is 17.6. The van der Waals surface area contributed by atoms with Gasteiger partial charge in [-0.3, -0.25) is 9.69 Å². The molecule has 1 aromatic rings. The summed E-state index contributed by atoms with van der Waals surface area (Å²) in [6.45, 7) is 1.90. The molecule has 0 saturated carbocycles. The van der Waals surface area contributed by atoms with Gasteiger partial charge in [-0.1, -0.05) is 23.3 Å². The molecule has 0 spiro atoms. The molecule has 1 aromatic carbocycles. The Morgan fingerprint density at radius 3 is 2.68 bits per heavy atom. The van der Waals surface area contributed by atoms with Gasteiger partial charge >= 0.3 is 6.03 Å². The molecule has 3 amide bonds. The standard InChI is InChI=1S/C19H24ClN3O2/c20-16-6-8-17(9-7-16)23-13-12-22(19(23)25)14-18(24)21-11-10-15-4-2-1-3-5-15/h4,6-9H,1-3,5,10-14H2,(H,21,24). The van der Waals surface area contributed by atoms with Crippen LogP contribution >= 0.6 is 11.6 Å². The molecule has 2 aliphatic rings. The molecule has 0 atom stereocenters. The number of urea groups is 1. The van der Waals surface area contributed by atoms with E-state index in [9.17, 15) is 9.59 Å². The summed E-state index contributed by atoms with van der Waals surface area (Å²) >= 11 is 5.89. The highest BCUT2D eigenvalue weighted by molar-refractivity contribution is 6.30. The number of hydrogen-bond acceptors (Lipinski definition) is 2. The fourth-order valence-corrected chi connectivity index (χ4v) is 3.44. The van der Waals surface area contributed by atoms with E-state index in [0.29, 0.717) is 24.7 Å². The number of carbonyl (C=O) groups is 2. The van der Waals surface area contributed by atoms with Crippen LogP contribution in [-0.2, 0) is 4.79 Å². The largest absolute Gasteiger partial charge is 0.354 e. The molecule has 3 rings (SSSR count). The van der Waals surface area contributed by atoms with Crippen molar-refractivity contribution in [3.8, 4) is 0 Å². The Morgan fingerprint density at radius 2 is 1.96 bits per heavy atom. The molecule has 1 saturated heterocycles. The molecule has 25 heavy (non-hydrogen) atoms. The van der Waals surface area contributed by atoms with E-state index < -0.39 is 0 Å². The number of allylic oxidation sites excluding steroid dienone is 1. The van der Waals surface area contributed by atoms with Crippen molar-refractivity contribution in [2.75, 3.05) is 31.1 Å². The van der Waals surface area contributed by atoms with Crippen molar-refractivity contribution in [3.63, 3.8) is 0 Å². The first-order chi connectivity index (χ1) is 12.1. The van der Waals surface area contributed by atoms with Gasteiger partial charge in [0.25, 0.3) is 0 Å². The highest BCUT2D eigenvalue weighted by atomic mass is 35.5. The first kappa shape index (κ1) is 17.8. The summed E-state index contributed by atoms with van der Waals surface area (Å²) in [7, 11) is 0. The zero-order valence-corrected chi connectivity index (χ0v) is 15.1. The van der Waals surface area contributed by atoms with Gasteiger partial charge in [0.05, 0.1) is 0 Å². The Bertz CT molecular complexity index is 657. The fraction of sp³-hybridized carbons (Fsp3) is 0.474. The Morgan fingerprint density at radius 1 is 1.16 bits per heavy atom. The van der Waals surface area contributed by atoms with E-state index in [-0.39, 0.29) is 18.5 Å². The topological polar surface area (TPSA) is 52.7 Å².